The second-order valence-corrected chi connectivity index (χ2v) is 5.05. The van der Waals surface area contributed by atoms with Crippen LogP contribution in [0, 0.1) is 10.1 Å². The van der Waals surface area contributed by atoms with E-state index in [4.69, 9.17) is 11.6 Å². The van der Waals surface area contributed by atoms with E-state index in [0.29, 0.717) is 18.7 Å². The van der Waals surface area contributed by atoms with Crippen molar-refractivity contribution in [2.45, 2.75) is 12.5 Å². The molecule has 110 valence electrons. The maximum atomic E-state index is 10.6. The minimum Gasteiger partial charge on any atom is -0.391 e. The molecular formula is C15H15ClN2O3. The summed E-state index contributed by atoms with van der Waals surface area (Å²) in [6, 6.07) is 13.8. The molecule has 2 N–H and O–H groups in total. The first-order valence-corrected chi connectivity index (χ1v) is 6.84. The Morgan fingerprint density at radius 1 is 1.24 bits per heavy atom. The van der Waals surface area contributed by atoms with Crippen LogP contribution in [-0.4, -0.2) is 22.7 Å². The number of nitrogens with zero attached hydrogens (tertiary/aromatic N) is 1. The van der Waals surface area contributed by atoms with E-state index in [9.17, 15) is 15.2 Å². The molecule has 0 saturated carbocycles. The molecule has 2 rings (SSSR count). The number of benzene rings is 2. The van der Waals surface area contributed by atoms with Crippen molar-refractivity contribution in [3.63, 3.8) is 0 Å². The van der Waals surface area contributed by atoms with Crippen molar-refractivity contribution in [2.24, 2.45) is 0 Å². The fourth-order valence-corrected chi connectivity index (χ4v) is 2.19. The molecule has 0 aliphatic carbocycles. The highest BCUT2D eigenvalue weighted by Gasteiger charge is 2.11. The van der Waals surface area contributed by atoms with Crippen LogP contribution in [0.15, 0.2) is 48.5 Å². The summed E-state index contributed by atoms with van der Waals surface area (Å²) in [6.07, 6.45) is -0.0445. The van der Waals surface area contributed by atoms with Crippen LogP contribution >= 0.6 is 11.6 Å². The molecule has 0 bridgehead atoms. The minimum atomic E-state index is -0.571. The molecule has 0 amide bonds. The molecule has 0 heterocycles. The third kappa shape index (κ3) is 4.44. The summed E-state index contributed by atoms with van der Waals surface area (Å²) >= 11 is 5.97. The lowest BCUT2D eigenvalue weighted by atomic mass is 10.1. The summed E-state index contributed by atoms with van der Waals surface area (Å²) in [4.78, 5) is 10.1. The molecular weight excluding hydrogens is 292 g/mol. The van der Waals surface area contributed by atoms with Crippen LogP contribution in [-0.2, 0) is 6.42 Å². The van der Waals surface area contributed by atoms with Gasteiger partial charge in [0.15, 0.2) is 0 Å². The molecule has 1 atom stereocenters. The number of non-ortho nitro benzene ring substituents is 1. The number of hydrogen-bond donors (Lipinski definition) is 2. The summed E-state index contributed by atoms with van der Waals surface area (Å²) < 4.78 is 0. The standard InChI is InChI=1S/C15H15ClN2O3/c16-14-9-12(18(20)21)6-7-15(14)17-10-13(19)8-11-4-2-1-3-5-11/h1-7,9,13,17,19H,8,10H2. The van der Waals surface area contributed by atoms with Crippen molar-refractivity contribution in [1.29, 1.82) is 0 Å². The Kier molecular flexibility index (Phi) is 5.14. The molecule has 0 spiro atoms. The molecule has 5 nitrogen and oxygen atoms in total. The van der Waals surface area contributed by atoms with Gasteiger partial charge < -0.3 is 10.4 Å². The van der Waals surface area contributed by atoms with Gasteiger partial charge in [0.05, 0.1) is 21.7 Å². The zero-order valence-electron chi connectivity index (χ0n) is 11.2. The number of aliphatic hydroxyl groups excluding tert-OH is 1. The van der Waals surface area contributed by atoms with E-state index in [2.05, 4.69) is 5.32 Å². The molecule has 21 heavy (non-hydrogen) atoms. The monoisotopic (exact) mass is 306 g/mol. The zero-order chi connectivity index (χ0) is 15.2. The molecule has 6 heteroatoms. The number of nitro benzene ring substituents is 1. The Balaban J connectivity index is 1.92. The number of hydrogen-bond acceptors (Lipinski definition) is 4. The van der Waals surface area contributed by atoms with Crippen LogP contribution in [0.3, 0.4) is 0 Å². The van der Waals surface area contributed by atoms with Gasteiger partial charge in [-0.05, 0) is 11.6 Å². The Labute approximate surface area is 127 Å². The summed E-state index contributed by atoms with van der Waals surface area (Å²) in [5, 5.41) is 23.9. The van der Waals surface area contributed by atoms with E-state index in [1.165, 1.54) is 18.2 Å². The maximum Gasteiger partial charge on any atom is 0.271 e. The number of halogens is 1. The van der Waals surface area contributed by atoms with Crippen LogP contribution in [0.4, 0.5) is 11.4 Å². The van der Waals surface area contributed by atoms with Gasteiger partial charge >= 0.3 is 0 Å². The molecule has 0 fully saturated rings. The summed E-state index contributed by atoms with van der Waals surface area (Å²) in [5.41, 5.74) is 1.55. The molecule has 0 aromatic heterocycles. The van der Waals surface area contributed by atoms with Crippen LogP contribution in [0.1, 0.15) is 5.56 Å². The van der Waals surface area contributed by atoms with Crippen LogP contribution < -0.4 is 5.32 Å². The highest BCUT2D eigenvalue weighted by Crippen LogP contribution is 2.26. The molecule has 0 aliphatic rings. The third-order valence-electron chi connectivity index (χ3n) is 3.01. The Hall–Kier alpha value is -2.11. The van der Waals surface area contributed by atoms with Crippen molar-refractivity contribution in [1.82, 2.24) is 0 Å². The first-order chi connectivity index (χ1) is 10.1. The Morgan fingerprint density at radius 3 is 2.57 bits per heavy atom. The largest absolute Gasteiger partial charge is 0.391 e. The normalized spacial score (nSPS) is 11.9. The van der Waals surface area contributed by atoms with Gasteiger partial charge in [-0.2, -0.15) is 0 Å². The maximum absolute atomic E-state index is 10.6. The average molecular weight is 307 g/mol. The summed E-state index contributed by atoms with van der Waals surface area (Å²) in [6.45, 7) is 0.312. The third-order valence-corrected chi connectivity index (χ3v) is 3.32. The van der Waals surface area contributed by atoms with Gasteiger partial charge in [-0.25, -0.2) is 0 Å². The molecule has 2 aromatic rings. The van der Waals surface area contributed by atoms with Gasteiger partial charge in [-0.15, -0.1) is 0 Å². The van der Waals surface area contributed by atoms with Crippen molar-refractivity contribution >= 4 is 23.0 Å². The molecule has 0 radical (unpaired) electrons. The fraction of sp³-hybridized carbons (Fsp3) is 0.200. The van der Waals surface area contributed by atoms with E-state index >= 15 is 0 Å². The van der Waals surface area contributed by atoms with E-state index in [0.717, 1.165) is 5.56 Å². The number of aliphatic hydroxyl groups is 1. The van der Waals surface area contributed by atoms with Crippen molar-refractivity contribution in [3.8, 4) is 0 Å². The molecule has 2 aromatic carbocycles. The summed E-state index contributed by atoms with van der Waals surface area (Å²) in [5.74, 6) is 0. The van der Waals surface area contributed by atoms with Gasteiger partial charge in [0, 0.05) is 25.1 Å². The van der Waals surface area contributed by atoms with Gasteiger partial charge in [0.25, 0.3) is 5.69 Å². The van der Waals surface area contributed by atoms with Gasteiger partial charge in [-0.3, -0.25) is 10.1 Å². The van der Waals surface area contributed by atoms with Crippen LogP contribution in [0.2, 0.25) is 5.02 Å². The second kappa shape index (κ2) is 7.06. The lowest BCUT2D eigenvalue weighted by Crippen LogP contribution is -2.21. The second-order valence-electron chi connectivity index (χ2n) is 4.65. The minimum absolute atomic E-state index is 0.0598. The highest BCUT2D eigenvalue weighted by atomic mass is 35.5. The first kappa shape index (κ1) is 15.3. The van der Waals surface area contributed by atoms with Gasteiger partial charge in [-0.1, -0.05) is 41.9 Å². The van der Waals surface area contributed by atoms with Crippen molar-refractivity contribution in [2.75, 3.05) is 11.9 Å². The lowest BCUT2D eigenvalue weighted by molar-refractivity contribution is -0.384. The number of nitro groups is 1. The first-order valence-electron chi connectivity index (χ1n) is 6.46. The quantitative estimate of drug-likeness (QED) is 0.634. The van der Waals surface area contributed by atoms with E-state index in [-0.39, 0.29) is 10.7 Å². The number of rotatable bonds is 6. The van der Waals surface area contributed by atoms with E-state index < -0.39 is 11.0 Å². The molecule has 0 aliphatic heterocycles. The van der Waals surface area contributed by atoms with Crippen LogP contribution in [0.5, 0.6) is 0 Å². The van der Waals surface area contributed by atoms with Gasteiger partial charge in [0.2, 0.25) is 0 Å². The fourth-order valence-electron chi connectivity index (χ4n) is 1.95. The van der Waals surface area contributed by atoms with Crippen molar-refractivity contribution < 1.29 is 10.0 Å². The van der Waals surface area contributed by atoms with Crippen molar-refractivity contribution in [3.05, 3.63) is 69.2 Å². The predicted molar refractivity (Wildman–Crippen MR) is 82.7 cm³/mol. The molecule has 0 saturated heterocycles. The SMILES string of the molecule is O=[N+]([O-])c1ccc(NCC(O)Cc2ccccc2)c(Cl)c1. The zero-order valence-corrected chi connectivity index (χ0v) is 12.0. The smallest absolute Gasteiger partial charge is 0.271 e. The van der Waals surface area contributed by atoms with Gasteiger partial charge in [0.1, 0.15) is 0 Å². The average Bonchev–Trinajstić information content (AvgIpc) is 2.47. The number of anilines is 1. The van der Waals surface area contributed by atoms with Crippen LogP contribution in [0.25, 0.3) is 0 Å². The topological polar surface area (TPSA) is 75.4 Å². The predicted octanol–water partition coefficient (Wildman–Crippen LogP) is 3.26. The van der Waals surface area contributed by atoms with E-state index in [1.807, 2.05) is 30.3 Å². The highest BCUT2D eigenvalue weighted by molar-refractivity contribution is 6.33. The lowest BCUT2D eigenvalue weighted by Gasteiger charge is -2.13. The Bertz CT molecular complexity index is 620. The Morgan fingerprint density at radius 2 is 1.95 bits per heavy atom. The van der Waals surface area contributed by atoms with E-state index in [1.54, 1.807) is 0 Å². The summed E-state index contributed by atoms with van der Waals surface area (Å²) in [7, 11) is 0. The number of nitrogens with one attached hydrogen (secondary N) is 1. The molecule has 1 unspecified atom stereocenters.